The highest BCUT2D eigenvalue weighted by atomic mass is 19.1. The van der Waals surface area contributed by atoms with Gasteiger partial charge in [0, 0.05) is 29.5 Å². The van der Waals surface area contributed by atoms with Crippen LogP contribution in [0.2, 0.25) is 0 Å². The monoisotopic (exact) mass is 533 g/mol. The van der Waals surface area contributed by atoms with Crippen molar-refractivity contribution in [3.63, 3.8) is 0 Å². The SMILES string of the molecule is CC[C@@H](C(=O)N1CC[C@@H](c2ccccc2)C[C@H]1C1CCCCC1)[C@]1(CC)CCCc2c(F)cc(C)c(OC)c21. The van der Waals surface area contributed by atoms with E-state index < -0.39 is 5.41 Å². The Morgan fingerprint density at radius 3 is 2.51 bits per heavy atom. The summed E-state index contributed by atoms with van der Waals surface area (Å²) in [6, 6.07) is 12.8. The smallest absolute Gasteiger partial charge is 0.226 e. The van der Waals surface area contributed by atoms with Crippen LogP contribution in [0.25, 0.3) is 0 Å². The number of halogens is 1. The van der Waals surface area contributed by atoms with Crippen molar-refractivity contribution in [3.8, 4) is 5.75 Å². The number of carbonyl (C=O) groups is 1. The number of aryl methyl sites for hydroxylation is 1. The zero-order chi connectivity index (χ0) is 27.6. The Bertz CT molecular complexity index is 1120. The molecule has 0 radical (unpaired) electrons. The van der Waals surface area contributed by atoms with Crippen LogP contribution in [-0.4, -0.2) is 30.5 Å². The molecule has 212 valence electrons. The molecule has 3 aliphatic rings. The van der Waals surface area contributed by atoms with E-state index in [2.05, 4.69) is 49.1 Å². The lowest BCUT2D eigenvalue weighted by Gasteiger charge is -2.50. The van der Waals surface area contributed by atoms with Crippen molar-refractivity contribution in [1.82, 2.24) is 4.90 Å². The minimum absolute atomic E-state index is 0.133. The highest BCUT2D eigenvalue weighted by Crippen LogP contribution is 2.53. The molecule has 1 aliphatic heterocycles. The van der Waals surface area contributed by atoms with E-state index in [4.69, 9.17) is 4.74 Å². The molecular formula is C35H48FNO2. The van der Waals surface area contributed by atoms with Gasteiger partial charge < -0.3 is 9.64 Å². The van der Waals surface area contributed by atoms with E-state index in [1.165, 1.54) is 37.7 Å². The second-order valence-electron chi connectivity index (χ2n) is 12.5. The number of ether oxygens (including phenoxy) is 1. The molecule has 2 aliphatic carbocycles. The Morgan fingerprint density at radius 1 is 1.10 bits per heavy atom. The van der Waals surface area contributed by atoms with Crippen molar-refractivity contribution in [1.29, 1.82) is 0 Å². The van der Waals surface area contributed by atoms with E-state index in [1.54, 1.807) is 13.2 Å². The predicted octanol–water partition coefficient (Wildman–Crippen LogP) is 8.51. The molecule has 4 atom stereocenters. The van der Waals surface area contributed by atoms with Crippen LogP contribution in [0.1, 0.15) is 113 Å². The fraction of sp³-hybridized carbons (Fsp3) is 0.629. The largest absolute Gasteiger partial charge is 0.496 e. The fourth-order valence-electron chi connectivity index (χ4n) is 8.75. The maximum absolute atomic E-state index is 15.4. The normalized spacial score (nSPS) is 26.6. The second-order valence-corrected chi connectivity index (χ2v) is 12.5. The van der Waals surface area contributed by atoms with Crippen LogP contribution in [-0.2, 0) is 16.6 Å². The molecule has 0 spiro atoms. The molecule has 2 aromatic carbocycles. The van der Waals surface area contributed by atoms with E-state index in [0.29, 0.717) is 23.8 Å². The molecule has 0 aromatic heterocycles. The number of hydrogen-bond donors (Lipinski definition) is 0. The lowest BCUT2D eigenvalue weighted by molar-refractivity contribution is -0.145. The van der Waals surface area contributed by atoms with Crippen molar-refractivity contribution in [2.24, 2.45) is 11.8 Å². The molecule has 3 nitrogen and oxygen atoms in total. The zero-order valence-corrected chi connectivity index (χ0v) is 24.6. The molecular weight excluding hydrogens is 485 g/mol. The van der Waals surface area contributed by atoms with E-state index in [1.807, 2.05) is 6.92 Å². The first-order chi connectivity index (χ1) is 18.9. The quantitative estimate of drug-likeness (QED) is 0.357. The summed E-state index contributed by atoms with van der Waals surface area (Å²) in [5.74, 6) is 1.89. The minimum Gasteiger partial charge on any atom is -0.496 e. The van der Waals surface area contributed by atoms with Crippen molar-refractivity contribution in [2.45, 2.75) is 115 Å². The maximum atomic E-state index is 15.4. The number of carbonyl (C=O) groups excluding carboxylic acids is 1. The number of rotatable bonds is 7. The molecule has 1 saturated heterocycles. The molecule has 0 unspecified atom stereocenters. The first kappa shape index (κ1) is 28.2. The van der Waals surface area contributed by atoms with Gasteiger partial charge in [0.2, 0.25) is 5.91 Å². The zero-order valence-electron chi connectivity index (χ0n) is 24.6. The number of benzene rings is 2. The molecule has 1 heterocycles. The average molecular weight is 534 g/mol. The van der Waals surface area contributed by atoms with Crippen molar-refractivity contribution in [3.05, 3.63) is 64.5 Å². The third-order valence-electron chi connectivity index (χ3n) is 10.7. The molecule has 2 fully saturated rings. The lowest BCUT2D eigenvalue weighted by atomic mass is 9.59. The molecule has 39 heavy (non-hydrogen) atoms. The van der Waals surface area contributed by atoms with Crippen LogP contribution < -0.4 is 4.74 Å². The maximum Gasteiger partial charge on any atom is 0.226 e. The van der Waals surface area contributed by atoms with Gasteiger partial charge in [-0.15, -0.1) is 0 Å². The van der Waals surface area contributed by atoms with E-state index in [-0.39, 0.29) is 11.7 Å². The van der Waals surface area contributed by atoms with Gasteiger partial charge in [0.05, 0.1) is 7.11 Å². The first-order valence-electron chi connectivity index (χ1n) is 15.7. The van der Waals surface area contributed by atoms with Crippen LogP contribution >= 0.6 is 0 Å². The lowest BCUT2D eigenvalue weighted by Crippen LogP contribution is -2.55. The van der Waals surface area contributed by atoms with Gasteiger partial charge >= 0.3 is 0 Å². The molecule has 0 N–H and O–H groups in total. The van der Waals surface area contributed by atoms with Crippen molar-refractivity contribution >= 4 is 5.91 Å². The van der Waals surface area contributed by atoms with Crippen LogP contribution in [0.15, 0.2) is 36.4 Å². The first-order valence-corrected chi connectivity index (χ1v) is 15.7. The molecule has 1 saturated carbocycles. The van der Waals surface area contributed by atoms with Gasteiger partial charge in [-0.2, -0.15) is 0 Å². The fourth-order valence-corrected chi connectivity index (χ4v) is 8.75. The number of methoxy groups -OCH3 is 1. The number of likely N-dealkylation sites (tertiary alicyclic amines) is 1. The van der Waals surface area contributed by atoms with Crippen LogP contribution in [0.5, 0.6) is 5.75 Å². The highest BCUT2D eigenvalue weighted by molar-refractivity contribution is 5.82. The van der Waals surface area contributed by atoms with Gasteiger partial charge in [-0.3, -0.25) is 4.79 Å². The Hall–Kier alpha value is -2.36. The van der Waals surface area contributed by atoms with E-state index in [0.717, 1.165) is 73.9 Å². The Kier molecular flexibility index (Phi) is 8.69. The van der Waals surface area contributed by atoms with Gasteiger partial charge in [0.25, 0.3) is 0 Å². The molecule has 1 amide bonds. The number of hydrogen-bond acceptors (Lipinski definition) is 2. The summed E-state index contributed by atoms with van der Waals surface area (Å²) in [6.07, 6.45) is 12.5. The second kappa shape index (κ2) is 12.0. The van der Waals surface area contributed by atoms with Crippen molar-refractivity contribution < 1.29 is 13.9 Å². The Labute approximate surface area is 235 Å². The van der Waals surface area contributed by atoms with Crippen LogP contribution in [0, 0.1) is 24.6 Å². The van der Waals surface area contributed by atoms with Crippen molar-refractivity contribution in [2.75, 3.05) is 13.7 Å². The van der Waals surface area contributed by atoms with Gasteiger partial charge in [-0.25, -0.2) is 4.39 Å². The molecule has 0 bridgehead atoms. The average Bonchev–Trinajstić information content (AvgIpc) is 2.98. The summed E-state index contributed by atoms with van der Waals surface area (Å²) in [5.41, 5.74) is 3.62. The number of nitrogens with zero attached hydrogens (tertiary/aromatic N) is 1. The topological polar surface area (TPSA) is 29.5 Å². The molecule has 4 heteroatoms. The van der Waals surface area contributed by atoms with Gasteiger partial charge in [-0.1, -0.05) is 63.4 Å². The summed E-state index contributed by atoms with van der Waals surface area (Å²) in [4.78, 5) is 17.2. The standard InChI is InChI=1S/C35H48FNO2/c1-5-29(35(6-2)20-13-18-28-30(36)22-24(3)33(39-4)32(28)35)34(38)37-21-19-27(25-14-9-7-10-15-25)23-31(37)26-16-11-8-12-17-26/h7,9-10,14-15,22,26-27,29,31H,5-6,8,11-13,16-21,23H2,1-4H3/t27-,29+,31+,35+/m1/s1. The Balaban J connectivity index is 1.53. The van der Waals surface area contributed by atoms with E-state index in [9.17, 15) is 4.79 Å². The summed E-state index contributed by atoms with van der Waals surface area (Å²) < 4.78 is 21.4. The van der Waals surface area contributed by atoms with Crippen LogP contribution in [0.3, 0.4) is 0 Å². The molecule has 2 aromatic rings. The van der Waals surface area contributed by atoms with E-state index >= 15 is 4.39 Å². The van der Waals surface area contributed by atoms with Gasteiger partial charge in [0.15, 0.2) is 0 Å². The summed E-state index contributed by atoms with van der Waals surface area (Å²) in [5, 5.41) is 0. The third-order valence-corrected chi connectivity index (χ3v) is 10.7. The number of amides is 1. The number of fused-ring (bicyclic) bond motifs is 1. The third kappa shape index (κ3) is 5.13. The summed E-state index contributed by atoms with van der Waals surface area (Å²) >= 11 is 0. The van der Waals surface area contributed by atoms with Gasteiger partial charge in [0.1, 0.15) is 11.6 Å². The highest BCUT2D eigenvalue weighted by Gasteiger charge is 2.50. The van der Waals surface area contributed by atoms with Gasteiger partial charge in [-0.05, 0) is 99.3 Å². The predicted molar refractivity (Wildman–Crippen MR) is 157 cm³/mol. The summed E-state index contributed by atoms with van der Waals surface area (Å²) in [7, 11) is 1.70. The minimum atomic E-state index is -0.398. The van der Waals surface area contributed by atoms with Crippen LogP contribution in [0.4, 0.5) is 4.39 Å². The number of piperidine rings is 1. The summed E-state index contributed by atoms with van der Waals surface area (Å²) in [6.45, 7) is 7.12. The Morgan fingerprint density at radius 2 is 1.85 bits per heavy atom. The molecule has 5 rings (SSSR count).